The second kappa shape index (κ2) is 8.26. The highest BCUT2D eigenvalue weighted by Crippen LogP contribution is 2.33. The fourth-order valence-electron chi connectivity index (χ4n) is 2.22. The van der Waals surface area contributed by atoms with Gasteiger partial charge < -0.3 is 5.32 Å². The van der Waals surface area contributed by atoms with Gasteiger partial charge in [-0.1, -0.05) is 12.1 Å². The van der Waals surface area contributed by atoms with Crippen molar-refractivity contribution in [2.24, 2.45) is 0 Å². The maximum atomic E-state index is 11.6. The predicted molar refractivity (Wildman–Crippen MR) is 106 cm³/mol. The standard InChI is InChI=1S/C16H12BrN7O4/c17-12-3-1-2-4-13(12)20-15-14(24(27)28)16(19-9-18-15)22-21-10-5-7-11(8-6-10)23(25)26/h1-9,21H,(H2,18,19,20,22). The van der Waals surface area contributed by atoms with E-state index in [9.17, 15) is 20.2 Å². The van der Waals surface area contributed by atoms with Crippen LogP contribution in [0.2, 0.25) is 0 Å². The van der Waals surface area contributed by atoms with E-state index in [1.807, 2.05) is 6.07 Å². The van der Waals surface area contributed by atoms with E-state index in [1.54, 1.807) is 18.2 Å². The summed E-state index contributed by atoms with van der Waals surface area (Å²) in [7, 11) is 0. The van der Waals surface area contributed by atoms with Crippen molar-refractivity contribution in [2.75, 3.05) is 16.2 Å². The molecular weight excluding hydrogens is 434 g/mol. The molecule has 3 rings (SSSR count). The molecular formula is C16H12BrN7O4. The second-order valence-corrected chi connectivity index (χ2v) is 6.19. The Labute approximate surface area is 166 Å². The van der Waals surface area contributed by atoms with Gasteiger partial charge in [-0.2, -0.15) is 0 Å². The van der Waals surface area contributed by atoms with E-state index in [2.05, 4.69) is 42.1 Å². The summed E-state index contributed by atoms with van der Waals surface area (Å²) in [5.74, 6) is -0.0761. The molecule has 142 valence electrons. The maximum absolute atomic E-state index is 11.6. The van der Waals surface area contributed by atoms with Crippen LogP contribution in [-0.2, 0) is 0 Å². The Morgan fingerprint density at radius 1 is 0.857 bits per heavy atom. The van der Waals surface area contributed by atoms with E-state index >= 15 is 0 Å². The summed E-state index contributed by atoms with van der Waals surface area (Å²) >= 11 is 3.36. The number of hydrogen-bond donors (Lipinski definition) is 3. The van der Waals surface area contributed by atoms with Gasteiger partial charge in [-0.25, -0.2) is 9.97 Å². The Morgan fingerprint density at radius 2 is 1.54 bits per heavy atom. The van der Waals surface area contributed by atoms with Crippen LogP contribution >= 0.6 is 15.9 Å². The van der Waals surface area contributed by atoms with Crippen LogP contribution in [0.15, 0.2) is 59.3 Å². The number of halogens is 1. The van der Waals surface area contributed by atoms with Crippen molar-refractivity contribution in [3.05, 3.63) is 79.6 Å². The summed E-state index contributed by atoms with van der Waals surface area (Å²) in [5, 5.41) is 25.2. The van der Waals surface area contributed by atoms with Gasteiger partial charge in [0.05, 0.1) is 21.2 Å². The van der Waals surface area contributed by atoms with Gasteiger partial charge in [0.1, 0.15) is 6.33 Å². The van der Waals surface area contributed by atoms with E-state index < -0.39 is 9.85 Å². The zero-order valence-corrected chi connectivity index (χ0v) is 15.6. The molecule has 0 fully saturated rings. The quantitative estimate of drug-likeness (QED) is 0.358. The lowest BCUT2D eigenvalue weighted by Gasteiger charge is -2.12. The summed E-state index contributed by atoms with van der Waals surface area (Å²) in [6.45, 7) is 0. The molecule has 0 unspecified atom stereocenters. The molecule has 0 atom stereocenters. The largest absolute Gasteiger partial charge is 0.355 e. The predicted octanol–water partition coefficient (Wildman–Crippen LogP) is 4.24. The molecule has 1 heterocycles. The number of rotatable bonds is 7. The highest BCUT2D eigenvalue weighted by Gasteiger charge is 2.23. The molecule has 0 amide bonds. The van der Waals surface area contributed by atoms with Crippen LogP contribution in [0.4, 0.5) is 34.4 Å². The highest BCUT2D eigenvalue weighted by molar-refractivity contribution is 9.10. The van der Waals surface area contributed by atoms with Gasteiger partial charge in [-0.15, -0.1) is 0 Å². The average molecular weight is 446 g/mol. The molecule has 0 bridgehead atoms. The smallest absolute Gasteiger partial charge is 0.333 e. The molecule has 0 saturated carbocycles. The lowest BCUT2D eigenvalue weighted by molar-refractivity contribution is -0.384. The molecule has 0 saturated heterocycles. The number of nitro benzene ring substituents is 1. The minimum Gasteiger partial charge on any atom is -0.333 e. The van der Waals surface area contributed by atoms with Gasteiger partial charge >= 0.3 is 5.69 Å². The van der Waals surface area contributed by atoms with Gasteiger partial charge in [0.15, 0.2) is 0 Å². The van der Waals surface area contributed by atoms with Gasteiger partial charge in [0.25, 0.3) is 5.69 Å². The number of nitro groups is 2. The molecule has 3 aromatic rings. The van der Waals surface area contributed by atoms with Crippen molar-refractivity contribution < 1.29 is 9.85 Å². The Balaban J connectivity index is 1.84. The number of nitrogens with one attached hydrogen (secondary N) is 3. The SMILES string of the molecule is O=[N+]([O-])c1ccc(NNc2ncnc(Nc3ccccc3Br)c2[N+](=O)[O-])cc1. The van der Waals surface area contributed by atoms with Gasteiger partial charge in [-0.3, -0.25) is 31.1 Å². The Morgan fingerprint density at radius 3 is 2.18 bits per heavy atom. The van der Waals surface area contributed by atoms with Crippen molar-refractivity contribution in [1.82, 2.24) is 9.97 Å². The molecule has 2 aromatic carbocycles. The van der Waals surface area contributed by atoms with Crippen LogP contribution in [0.25, 0.3) is 0 Å². The highest BCUT2D eigenvalue weighted by atomic mass is 79.9. The van der Waals surface area contributed by atoms with Crippen LogP contribution in [0.3, 0.4) is 0 Å². The Kier molecular flexibility index (Phi) is 5.60. The minimum absolute atomic E-state index is 0.0000930. The van der Waals surface area contributed by atoms with Gasteiger partial charge in [0.2, 0.25) is 11.6 Å². The number of non-ortho nitro benzene ring substituents is 1. The van der Waals surface area contributed by atoms with Crippen molar-refractivity contribution >= 4 is 50.3 Å². The van der Waals surface area contributed by atoms with E-state index in [4.69, 9.17) is 0 Å². The Bertz CT molecular complexity index is 1030. The van der Waals surface area contributed by atoms with Crippen LogP contribution < -0.4 is 16.2 Å². The van der Waals surface area contributed by atoms with Crippen molar-refractivity contribution in [3.63, 3.8) is 0 Å². The normalized spacial score (nSPS) is 10.2. The fourth-order valence-corrected chi connectivity index (χ4v) is 2.61. The third-order valence-electron chi connectivity index (χ3n) is 3.54. The molecule has 28 heavy (non-hydrogen) atoms. The third-order valence-corrected chi connectivity index (χ3v) is 4.23. The number of benzene rings is 2. The van der Waals surface area contributed by atoms with Crippen LogP contribution in [0.5, 0.6) is 0 Å². The van der Waals surface area contributed by atoms with Crippen LogP contribution in [-0.4, -0.2) is 19.8 Å². The molecule has 0 radical (unpaired) electrons. The molecule has 3 N–H and O–H groups in total. The first-order chi connectivity index (χ1) is 13.5. The summed E-state index contributed by atoms with van der Waals surface area (Å²) in [6.07, 6.45) is 1.17. The van der Waals surface area contributed by atoms with E-state index in [0.29, 0.717) is 15.8 Å². The Hall–Kier alpha value is -3.80. The minimum atomic E-state index is -0.612. The van der Waals surface area contributed by atoms with Gasteiger partial charge in [-0.05, 0) is 40.2 Å². The van der Waals surface area contributed by atoms with Crippen molar-refractivity contribution in [3.8, 4) is 0 Å². The molecule has 11 nitrogen and oxygen atoms in total. The molecule has 0 aliphatic heterocycles. The zero-order chi connectivity index (χ0) is 20.1. The number of anilines is 4. The van der Waals surface area contributed by atoms with Crippen molar-refractivity contribution in [1.29, 1.82) is 0 Å². The number of aromatic nitrogens is 2. The van der Waals surface area contributed by atoms with Crippen LogP contribution in [0, 0.1) is 20.2 Å². The molecule has 1 aromatic heterocycles. The van der Waals surface area contributed by atoms with Crippen LogP contribution in [0.1, 0.15) is 0 Å². The lowest BCUT2D eigenvalue weighted by atomic mass is 10.3. The summed E-state index contributed by atoms with van der Waals surface area (Å²) in [6, 6.07) is 12.6. The summed E-state index contributed by atoms with van der Waals surface area (Å²) in [5.41, 5.74) is 5.97. The summed E-state index contributed by atoms with van der Waals surface area (Å²) < 4.78 is 0.710. The number of hydrogen-bond acceptors (Lipinski definition) is 9. The first kappa shape index (κ1) is 19.0. The third kappa shape index (κ3) is 4.29. The number of para-hydroxylation sites is 1. The molecule has 12 heteroatoms. The van der Waals surface area contributed by atoms with Gasteiger partial charge in [0, 0.05) is 16.6 Å². The average Bonchev–Trinajstić information content (AvgIpc) is 2.68. The molecule has 0 aliphatic carbocycles. The van der Waals surface area contributed by atoms with E-state index in [1.165, 1.54) is 30.6 Å². The monoisotopic (exact) mass is 445 g/mol. The zero-order valence-electron chi connectivity index (χ0n) is 14.0. The fraction of sp³-hybridized carbons (Fsp3) is 0. The number of hydrazine groups is 1. The second-order valence-electron chi connectivity index (χ2n) is 5.34. The topological polar surface area (TPSA) is 148 Å². The van der Waals surface area contributed by atoms with E-state index in [0.717, 1.165) is 0 Å². The number of nitrogens with zero attached hydrogens (tertiary/aromatic N) is 4. The molecule has 0 aliphatic rings. The molecule has 0 spiro atoms. The first-order valence-corrected chi connectivity index (χ1v) is 8.52. The maximum Gasteiger partial charge on any atom is 0.355 e. The lowest BCUT2D eigenvalue weighted by Crippen LogP contribution is -2.13. The first-order valence-electron chi connectivity index (χ1n) is 7.73. The summed E-state index contributed by atoms with van der Waals surface area (Å²) in [4.78, 5) is 29.0. The van der Waals surface area contributed by atoms with E-state index in [-0.39, 0.29) is 23.0 Å². The van der Waals surface area contributed by atoms with Crippen molar-refractivity contribution in [2.45, 2.75) is 0 Å².